The van der Waals surface area contributed by atoms with E-state index in [-0.39, 0.29) is 17.7 Å². The number of sulfonamides is 1. The van der Waals surface area contributed by atoms with Crippen molar-refractivity contribution in [2.24, 2.45) is 11.8 Å². The first-order valence-electron chi connectivity index (χ1n) is 9.76. The molecule has 0 radical (unpaired) electrons. The van der Waals surface area contributed by atoms with Crippen molar-refractivity contribution in [3.05, 3.63) is 60.4 Å². The molecule has 0 spiro atoms. The number of benzene rings is 1. The van der Waals surface area contributed by atoms with Crippen LogP contribution < -0.4 is 0 Å². The van der Waals surface area contributed by atoms with Gasteiger partial charge in [0.05, 0.1) is 4.90 Å². The highest BCUT2D eigenvalue weighted by molar-refractivity contribution is 7.89. The third kappa shape index (κ3) is 3.95. The Bertz CT molecular complexity index is 918. The number of carbonyl (C=O) groups is 1. The third-order valence-corrected chi connectivity index (χ3v) is 7.77. The highest BCUT2D eigenvalue weighted by Gasteiger charge is 2.38. The molecule has 2 saturated heterocycles. The van der Waals surface area contributed by atoms with E-state index in [1.165, 1.54) is 0 Å². The molecule has 28 heavy (non-hydrogen) atoms. The molecule has 0 saturated carbocycles. The molecular weight excluding hydrogens is 374 g/mol. The second-order valence-electron chi connectivity index (χ2n) is 7.65. The van der Waals surface area contributed by atoms with Crippen molar-refractivity contribution in [3.8, 4) is 0 Å². The van der Waals surface area contributed by atoms with Crippen molar-refractivity contribution >= 4 is 15.9 Å². The number of carbonyl (C=O) groups excluding carboxylic acids is 1. The molecule has 2 fully saturated rings. The normalized spacial score (nSPS) is 23.9. The van der Waals surface area contributed by atoms with E-state index in [0.29, 0.717) is 37.5 Å². The van der Waals surface area contributed by atoms with Crippen LogP contribution >= 0.6 is 0 Å². The number of piperidine rings is 1. The number of aromatic nitrogens is 1. The van der Waals surface area contributed by atoms with Crippen LogP contribution in [0.4, 0.5) is 0 Å². The second kappa shape index (κ2) is 8.01. The molecule has 4 rings (SSSR count). The van der Waals surface area contributed by atoms with Crippen LogP contribution in [0.1, 0.15) is 24.8 Å². The fraction of sp³-hybridized carbons (Fsp3) is 0.429. The van der Waals surface area contributed by atoms with Crippen LogP contribution in [-0.2, 0) is 21.4 Å². The number of hydrogen-bond acceptors (Lipinski definition) is 4. The number of hydrogen-bond donors (Lipinski definition) is 0. The average molecular weight is 400 g/mol. The summed E-state index contributed by atoms with van der Waals surface area (Å²) in [6, 6.07) is 12.5. The molecule has 3 heterocycles. The Morgan fingerprint density at radius 1 is 1.00 bits per heavy atom. The molecule has 2 atom stereocenters. The molecule has 1 aromatic heterocycles. The Morgan fingerprint density at radius 3 is 2.54 bits per heavy atom. The van der Waals surface area contributed by atoms with Crippen LogP contribution in [0.2, 0.25) is 0 Å². The lowest BCUT2D eigenvalue weighted by Crippen LogP contribution is -2.43. The first kappa shape index (κ1) is 19.1. The SMILES string of the molecule is O=C1C[C@H]2CCN(S(=O)(=O)c3ccccc3)C[C@@H]2CCN1Cc1cccnc1. The summed E-state index contributed by atoms with van der Waals surface area (Å²) in [6.45, 7) is 2.20. The predicted molar refractivity (Wildman–Crippen MR) is 106 cm³/mol. The van der Waals surface area contributed by atoms with Gasteiger partial charge in [-0.15, -0.1) is 0 Å². The van der Waals surface area contributed by atoms with Crippen LogP contribution in [0.5, 0.6) is 0 Å². The van der Waals surface area contributed by atoms with E-state index >= 15 is 0 Å². The van der Waals surface area contributed by atoms with E-state index < -0.39 is 10.0 Å². The van der Waals surface area contributed by atoms with Crippen molar-refractivity contribution in [1.29, 1.82) is 0 Å². The van der Waals surface area contributed by atoms with E-state index in [2.05, 4.69) is 4.98 Å². The standard InChI is InChI=1S/C21H25N3O3S/c25-21-13-18-9-12-24(28(26,27)20-6-2-1-3-7-20)16-19(18)8-11-23(21)15-17-5-4-10-22-14-17/h1-7,10,14,18-19H,8-9,11-13,15-16H2/t18-,19+/m1/s1. The number of amides is 1. The summed E-state index contributed by atoms with van der Waals surface area (Å²) in [4.78, 5) is 19.1. The third-order valence-electron chi connectivity index (χ3n) is 5.89. The van der Waals surface area contributed by atoms with Gasteiger partial charge in [-0.05, 0) is 48.4 Å². The van der Waals surface area contributed by atoms with Gasteiger partial charge in [0.25, 0.3) is 0 Å². The van der Waals surface area contributed by atoms with Crippen molar-refractivity contribution in [1.82, 2.24) is 14.2 Å². The lowest BCUT2D eigenvalue weighted by molar-refractivity contribution is -0.132. The Balaban J connectivity index is 1.46. The molecule has 0 unspecified atom stereocenters. The van der Waals surface area contributed by atoms with Crippen LogP contribution in [0.25, 0.3) is 0 Å². The lowest BCUT2D eigenvalue weighted by atomic mass is 9.83. The van der Waals surface area contributed by atoms with Crippen molar-refractivity contribution in [3.63, 3.8) is 0 Å². The molecule has 6 nitrogen and oxygen atoms in total. The smallest absolute Gasteiger partial charge is 0.243 e. The van der Waals surface area contributed by atoms with E-state index in [1.54, 1.807) is 41.0 Å². The monoisotopic (exact) mass is 399 g/mol. The quantitative estimate of drug-likeness (QED) is 0.792. The highest BCUT2D eigenvalue weighted by atomic mass is 32.2. The number of nitrogens with zero attached hydrogens (tertiary/aromatic N) is 3. The summed E-state index contributed by atoms with van der Waals surface area (Å²) in [5.74, 6) is 0.638. The number of likely N-dealkylation sites (tertiary alicyclic amines) is 1. The zero-order valence-electron chi connectivity index (χ0n) is 15.8. The van der Waals surface area contributed by atoms with Crippen LogP contribution in [-0.4, -0.2) is 48.1 Å². The van der Waals surface area contributed by atoms with Crippen LogP contribution in [0.3, 0.4) is 0 Å². The lowest BCUT2D eigenvalue weighted by Gasteiger charge is -2.36. The molecule has 2 aliphatic rings. The predicted octanol–water partition coefficient (Wildman–Crippen LogP) is 2.53. The molecule has 7 heteroatoms. The summed E-state index contributed by atoms with van der Waals surface area (Å²) in [5.41, 5.74) is 1.02. The Labute approximate surface area is 166 Å². The molecule has 1 aromatic carbocycles. The maximum atomic E-state index is 13.0. The summed E-state index contributed by atoms with van der Waals surface area (Å²) in [6.07, 6.45) is 5.59. The second-order valence-corrected chi connectivity index (χ2v) is 9.59. The molecule has 1 amide bonds. The molecular formula is C21H25N3O3S. The van der Waals surface area contributed by atoms with Crippen molar-refractivity contribution in [2.45, 2.75) is 30.7 Å². The minimum Gasteiger partial charge on any atom is -0.338 e. The minimum atomic E-state index is -3.47. The van der Waals surface area contributed by atoms with Crippen LogP contribution in [0.15, 0.2) is 59.8 Å². The van der Waals surface area contributed by atoms with Gasteiger partial charge in [0.15, 0.2) is 0 Å². The van der Waals surface area contributed by atoms with Gasteiger partial charge in [-0.3, -0.25) is 9.78 Å². The van der Waals surface area contributed by atoms with E-state index in [4.69, 9.17) is 0 Å². The molecule has 0 bridgehead atoms. The Kier molecular flexibility index (Phi) is 5.46. The summed E-state index contributed by atoms with van der Waals surface area (Å²) in [7, 11) is -3.47. The van der Waals surface area contributed by atoms with Gasteiger partial charge < -0.3 is 4.90 Å². The van der Waals surface area contributed by atoms with E-state index in [0.717, 1.165) is 18.4 Å². The molecule has 0 N–H and O–H groups in total. The number of pyridine rings is 1. The average Bonchev–Trinajstić information content (AvgIpc) is 2.88. The number of rotatable bonds is 4. The van der Waals surface area contributed by atoms with Gasteiger partial charge >= 0.3 is 0 Å². The summed E-state index contributed by atoms with van der Waals surface area (Å²) >= 11 is 0. The van der Waals surface area contributed by atoms with E-state index in [1.807, 2.05) is 23.1 Å². The zero-order chi connectivity index (χ0) is 19.6. The Hall–Kier alpha value is -2.25. The maximum Gasteiger partial charge on any atom is 0.243 e. The highest BCUT2D eigenvalue weighted by Crippen LogP contribution is 2.34. The van der Waals surface area contributed by atoms with Gasteiger partial charge in [0.2, 0.25) is 15.9 Å². The zero-order valence-corrected chi connectivity index (χ0v) is 16.6. The molecule has 0 aliphatic carbocycles. The minimum absolute atomic E-state index is 0.163. The van der Waals surface area contributed by atoms with Gasteiger partial charge in [0.1, 0.15) is 0 Å². The van der Waals surface area contributed by atoms with Crippen molar-refractivity contribution < 1.29 is 13.2 Å². The number of fused-ring (bicyclic) bond motifs is 1. The van der Waals surface area contributed by atoms with Gasteiger partial charge in [0, 0.05) is 45.0 Å². The van der Waals surface area contributed by atoms with Crippen molar-refractivity contribution in [2.75, 3.05) is 19.6 Å². The molecule has 148 valence electrons. The van der Waals surface area contributed by atoms with Gasteiger partial charge in [-0.1, -0.05) is 24.3 Å². The van der Waals surface area contributed by atoms with E-state index in [9.17, 15) is 13.2 Å². The summed E-state index contributed by atoms with van der Waals surface area (Å²) in [5, 5.41) is 0. The van der Waals surface area contributed by atoms with Gasteiger partial charge in [-0.2, -0.15) is 4.31 Å². The first-order valence-corrected chi connectivity index (χ1v) is 11.2. The topological polar surface area (TPSA) is 70.6 Å². The maximum absolute atomic E-state index is 13.0. The first-order chi connectivity index (χ1) is 13.5. The fourth-order valence-electron chi connectivity index (χ4n) is 4.28. The summed E-state index contributed by atoms with van der Waals surface area (Å²) < 4.78 is 27.5. The van der Waals surface area contributed by atoms with Gasteiger partial charge in [-0.25, -0.2) is 8.42 Å². The Morgan fingerprint density at radius 2 is 1.79 bits per heavy atom. The molecule has 2 aromatic rings. The largest absolute Gasteiger partial charge is 0.338 e. The fourth-order valence-corrected chi connectivity index (χ4v) is 5.81. The molecule has 2 aliphatic heterocycles. The van der Waals surface area contributed by atoms with Crippen LogP contribution in [0, 0.1) is 11.8 Å².